The fourth-order valence-electron chi connectivity index (χ4n) is 3.43. The molecule has 1 aliphatic heterocycles. The van der Waals surface area contributed by atoms with Crippen molar-refractivity contribution in [1.82, 2.24) is 24.9 Å². The maximum atomic E-state index is 13.2. The molecule has 0 N–H and O–H groups in total. The van der Waals surface area contributed by atoms with Crippen LogP contribution in [0.25, 0.3) is 0 Å². The Morgan fingerprint density at radius 2 is 2.03 bits per heavy atom. The first kappa shape index (κ1) is 19.3. The largest absolute Gasteiger partial charge is 0.337 e. The molecule has 2 amide bonds. The molecule has 9 heteroatoms. The van der Waals surface area contributed by atoms with E-state index in [0.717, 1.165) is 4.88 Å². The van der Waals surface area contributed by atoms with Gasteiger partial charge >= 0.3 is 0 Å². The highest BCUT2D eigenvalue weighted by atomic mass is 32.1. The lowest BCUT2D eigenvalue weighted by molar-refractivity contribution is 0.0593. The Kier molecular flexibility index (Phi) is 5.39. The predicted molar refractivity (Wildman–Crippen MR) is 107 cm³/mol. The normalized spacial score (nSPS) is 17.2. The highest BCUT2D eigenvalue weighted by Crippen LogP contribution is 2.27. The molecule has 150 valence electrons. The molecule has 1 aliphatic rings. The molecule has 3 aromatic rings. The van der Waals surface area contributed by atoms with Crippen molar-refractivity contribution in [2.45, 2.75) is 26.3 Å². The lowest BCUT2D eigenvalue weighted by atomic mass is 10.1. The van der Waals surface area contributed by atoms with Crippen molar-refractivity contribution in [3.8, 4) is 0 Å². The number of aryl methyl sites for hydroxylation is 2. The van der Waals surface area contributed by atoms with E-state index in [-0.39, 0.29) is 11.8 Å². The topological polar surface area (TPSA) is 92.4 Å². The van der Waals surface area contributed by atoms with Gasteiger partial charge in [-0.25, -0.2) is 0 Å². The van der Waals surface area contributed by atoms with Crippen LogP contribution in [0.3, 0.4) is 0 Å². The van der Waals surface area contributed by atoms with Gasteiger partial charge in [0.05, 0.1) is 17.0 Å². The summed E-state index contributed by atoms with van der Waals surface area (Å²) in [5, 5.41) is 3.88. The fraction of sp³-hybridized carbons (Fsp3) is 0.350. The van der Waals surface area contributed by atoms with Gasteiger partial charge in [-0.15, -0.1) is 11.3 Å². The van der Waals surface area contributed by atoms with E-state index < -0.39 is 6.04 Å². The molecule has 0 bridgehead atoms. The molecule has 0 aromatic carbocycles. The van der Waals surface area contributed by atoms with Crippen molar-refractivity contribution < 1.29 is 14.1 Å². The molecule has 4 heterocycles. The van der Waals surface area contributed by atoms with E-state index in [1.807, 2.05) is 19.1 Å². The molecule has 0 saturated carbocycles. The Balaban J connectivity index is 1.65. The van der Waals surface area contributed by atoms with Gasteiger partial charge in [-0.1, -0.05) is 5.16 Å². The molecule has 1 atom stereocenters. The minimum absolute atomic E-state index is 0.0417. The third kappa shape index (κ3) is 4.04. The second-order valence-electron chi connectivity index (χ2n) is 6.95. The monoisotopic (exact) mass is 411 g/mol. The number of hydrogen-bond acceptors (Lipinski definition) is 7. The van der Waals surface area contributed by atoms with E-state index in [1.54, 1.807) is 41.2 Å². The molecule has 1 fully saturated rings. The van der Waals surface area contributed by atoms with Crippen molar-refractivity contribution in [1.29, 1.82) is 0 Å². The number of rotatable bonds is 3. The third-order valence-corrected chi connectivity index (χ3v) is 5.82. The van der Waals surface area contributed by atoms with Gasteiger partial charge in [-0.2, -0.15) is 4.98 Å². The number of amides is 2. The van der Waals surface area contributed by atoms with Crippen molar-refractivity contribution >= 4 is 23.2 Å². The molecule has 29 heavy (non-hydrogen) atoms. The maximum Gasteiger partial charge on any atom is 0.264 e. The molecular weight excluding hydrogens is 390 g/mol. The number of pyridine rings is 1. The van der Waals surface area contributed by atoms with Gasteiger partial charge < -0.3 is 14.3 Å². The Morgan fingerprint density at radius 3 is 2.69 bits per heavy atom. The van der Waals surface area contributed by atoms with Crippen LogP contribution in [0, 0.1) is 13.8 Å². The van der Waals surface area contributed by atoms with Gasteiger partial charge in [-0.3, -0.25) is 14.6 Å². The summed E-state index contributed by atoms with van der Waals surface area (Å²) < 4.78 is 5.41. The van der Waals surface area contributed by atoms with Gasteiger partial charge in [0.25, 0.3) is 17.7 Å². The zero-order chi connectivity index (χ0) is 20.4. The van der Waals surface area contributed by atoms with Gasteiger partial charge in [0.1, 0.15) is 6.04 Å². The zero-order valence-corrected chi connectivity index (χ0v) is 17.1. The summed E-state index contributed by atoms with van der Waals surface area (Å²) in [6.45, 7) is 5.03. The second kappa shape index (κ2) is 8.12. The molecule has 0 radical (unpaired) electrons. The number of thiophene rings is 1. The molecule has 4 rings (SSSR count). The predicted octanol–water partition coefficient (Wildman–Crippen LogP) is 2.87. The van der Waals surface area contributed by atoms with E-state index in [9.17, 15) is 9.59 Å². The smallest absolute Gasteiger partial charge is 0.264 e. The average Bonchev–Trinajstić information content (AvgIpc) is 3.29. The van der Waals surface area contributed by atoms with Crippen molar-refractivity contribution in [3.63, 3.8) is 0 Å². The summed E-state index contributed by atoms with van der Waals surface area (Å²) in [4.78, 5) is 39.9. The zero-order valence-electron chi connectivity index (χ0n) is 16.2. The van der Waals surface area contributed by atoms with E-state index in [0.29, 0.717) is 48.2 Å². The van der Waals surface area contributed by atoms with Crippen LogP contribution in [-0.4, -0.2) is 56.4 Å². The number of carbonyl (C=O) groups excluding carboxylic acids is 2. The summed E-state index contributed by atoms with van der Waals surface area (Å²) in [6, 6.07) is 6.72. The lowest BCUT2D eigenvalue weighted by Crippen LogP contribution is -2.40. The van der Waals surface area contributed by atoms with E-state index in [2.05, 4.69) is 15.1 Å². The molecule has 8 nitrogen and oxygen atoms in total. The van der Waals surface area contributed by atoms with Crippen LogP contribution in [0.15, 0.2) is 41.2 Å². The van der Waals surface area contributed by atoms with Crippen LogP contribution in [0.1, 0.15) is 49.1 Å². The third-order valence-electron chi connectivity index (χ3n) is 4.83. The minimum atomic E-state index is -0.517. The van der Waals surface area contributed by atoms with Gasteiger partial charge in [0.15, 0.2) is 5.82 Å². The molecular formula is C20H21N5O3S. The summed E-state index contributed by atoms with van der Waals surface area (Å²) in [5.41, 5.74) is 0.488. The first-order chi connectivity index (χ1) is 14.0. The first-order valence-electron chi connectivity index (χ1n) is 9.40. The van der Waals surface area contributed by atoms with Gasteiger partial charge in [0.2, 0.25) is 0 Å². The number of hydrogen-bond donors (Lipinski definition) is 0. The summed E-state index contributed by atoms with van der Waals surface area (Å²) in [6.07, 6.45) is 3.83. The van der Waals surface area contributed by atoms with Crippen LogP contribution in [0.4, 0.5) is 0 Å². The Hall–Kier alpha value is -3.07. The summed E-state index contributed by atoms with van der Waals surface area (Å²) in [5.74, 6) is 0.617. The summed E-state index contributed by atoms with van der Waals surface area (Å²) >= 11 is 1.47. The number of aromatic nitrogens is 3. The van der Waals surface area contributed by atoms with E-state index >= 15 is 0 Å². The first-order valence-corrected chi connectivity index (χ1v) is 10.2. The standard InChI is InChI=1S/C20H21N5O3S/c1-13-6-7-17(29-13)20(27)24-9-4-10-25(19(26)15-5-3-8-21-11-15)16(12-24)18-22-14(2)23-28-18/h3,5-8,11,16H,4,9-10,12H2,1-2H3. The molecule has 3 aromatic heterocycles. The fourth-order valence-corrected chi connectivity index (χ4v) is 4.27. The van der Waals surface area contributed by atoms with E-state index in [4.69, 9.17) is 4.52 Å². The Morgan fingerprint density at radius 1 is 1.17 bits per heavy atom. The van der Waals surface area contributed by atoms with Crippen LogP contribution in [0.2, 0.25) is 0 Å². The quantitative estimate of drug-likeness (QED) is 0.658. The molecule has 0 spiro atoms. The average molecular weight is 411 g/mol. The maximum absolute atomic E-state index is 13.2. The van der Waals surface area contributed by atoms with E-state index in [1.165, 1.54) is 11.3 Å². The number of carbonyl (C=O) groups is 2. The lowest BCUT2D eigenvalue weighted by Gasteiger charge is -2.29. The molecule has 0 aliphatic carbocycles. The van der Waals surface area contributed by atoms with Gasteiger partial charge in [-0.05, 0) is 44.5 Å². The van der Waals surface area contributed by atoms with Gasteiger partial charge in [0, 0.05) is 30.4 Å². The van der Waals surface area contributed by atoms with Crippen LogP contribution in [-0.2, 0) is 0 Å². The highest BCUT2D eigenvalue weighted by Gasteiger charge is 2.36. The minimum Gasteiger partial charge on any atom is -0.337 e. The SMILES string of the molecule is Cc1noc(C2CN(C(=O)c3ccc(C)s3)CCCN2C(=O)c2cccnc2)n1. The van der Waals surface area contributed by atoms with Crippen LogP contribution >= 0.6 is 11.3 Å². The second-order valence-corrected chi connectivity index (χ2v) is 8.24. The number of nitrogens with zero attached hydrogens (tertiary/aromatic N) is 5. The highest BCUT2D eigenvalue weighted by molar-refractivity contribution is 7.13. The Bertz CT molecular complexity index is 1020. The van der Waals surface area contributed by atoms with Crippen molar-refractivity contribution in [2.24, 2.45) is 0 Å². The molecule has 1 saturated heterocycles. The van der Waals surface area contributed by atoms with Crippen molar-refractivity contribution in [3.05, 3.63) is 63.7 Å². The Labute approximate surface area is 172 Å². The summed E-state index contributed by atoms with van der Waals surface area (Å²) in [7, 11) is 0. The van der Waals surface area contributed by atoms with Crippen LogP contribution < -0.4 is 0 Å². The molecule has 1 unspecified atom stereocenters. The van der Waals surface area contributed by atoms with Crippen LogP contribution in [0.5, 0.6) is 0 Å². The van der Waals surface area contributed by atoms with Crippen molar-refractivity contribution in [2.75, 3.05) is 19.6 Å².